The summed E-state index contributed by atoms with van der Waals surface area (Å²) in [6.45, 7) is 4.66. The number of nitrogens with one attached hydrogen (secondary N) is 1. The Labute approximate surface area is 129 Å². The smallest absolute Gasteiger partial charge is 0.0991 e. The van der Waals surface area contributed by atoms with Crippen molar-refractivity contribution >= 4 is 34.5 Å². The van der Waals surface area contributed by atoms with Gasteiger partial charge in [-0.15, -0.1) is 11.3 Å². The molecule has 0 aromatic carbocycles. The molecule has 2 fully saturated rings. The van der Waals surface area contributed by atoms with Crippen LogP contribution in [0.3, 0.4) is 0 Å². The number of piperidine rings is 1. The fourth-order valence-corrected chi connectivity index (χ4v) is 4.61. The summed E-state index contributed by atoms with van der Waals surface area (Å²) in [5, 5.41) is 3.71. The van der Waals surface area contributed by atoms with Crippen LogP contribution >= 0.6 is 34.5 Å². The number of likely N-dealkylation sites (tertiary alicyclic amines) is 1. The summed E-state index contributed by atoms with van der Waals surface area (Å²) in [5.74, 6) is 0. The first-order chi connectivity index (χ1) is 9.13. The molecular formula is C14H20Cl2N2S. The van der Waals surface area contributed by atoms with E-state index < -0.39 is 0 Å². The van der Waals surface area contributed by atoms with Crippen molar-refractivity contribution in [3.05, 3.63) is 20.3 Å². The molecule has 1 saturated carbocycles. The lowest BCUT2D eigenvalue weighted by molar-refractivity contribution is 0.184. The lowest BCUT2D eigenvalue weighted by Gasteiger charge is -2.34. The van der Waals surface area contributed by atoms with Gasteiger partial charge in [0.05, 0.1) is 8.67 Å². The van der Waals surface area contributed by atoms with Gasteiger partial charge in [-0.05, 0) is 57.3 Å². The number of thiophene rings is 1. The van der Waals surface area contributed by atoms with Crippen molar-refractivity contribution in [1.82, 2.24) is 10.2 Å². The van der Waals surface area contributed by atoms with Crippen LogP contribution in [-0.4, -0.2) is 30.1 Å². The van der Waals surface area contributed by atoms with Crippen molar-refractivity contribution in [3.63, 3.8) is 0 Å². The van der Waals surface area contributed by atoms with Crippen molar-refractivity contribution in [2.24, 2.45) is 0 Å². The lowest BCUT2D eigenvalue weighted by atomic mass is 10.0. The Balaban J connectivity index is 1.52. The highest BCUT2D eigenvalue weighted by atomic mass is 35.5. The van der Waals surface area contributed by atoms with Crippen molar-refractivity contribution in [2.45, 2.75) is 50.7 Å². The molecule has 1 atom stereocenters. The van der Waals surface area contributed by atoms with Gasteiger partial charge in [0.1, 0.15) is 0 Å². The molecule has 2 heterocycles. The molecular weight excluding hydrogens is 299 g/mol. The second-order valence-electron chi connectivity index (χ2n) is 5.71. The lowest BCUT2D eigenvalue weighted by Crippen LogP contribution is -2.43. The van der Waals surface area contributed by atoms with Crippen LogP contribution in [0, 0.1) is 0 Å². The summed E-state index contributed by atoms with van der Waals surface area (Å²) in [7, 11) is 0. The quantitative estimate of drug-likeness (QED) is 0.888. The Morgan fingerprint density at radius 1 is 1.26 bits per heavy atom. The maximum Gasteiger partial charge on any atom is 0.0991 e. The van der Waals surface area contributed by atoms with Crippen molar-refractivity contribution in [2.75, 3.05) is 13.1 Å². The van der Waals surface area contributed by atoms with E-state index >= 15 is 0 Å². The molecule has 1 aromatic heterocycles. The topological polar surface area (TPSA) is 15.3 Å². The first-order valence-electron chi connectivity index (χ1n) is 7.08. The van der Waals surface area contributed by atoms with Gasteiger partial charge in [-0.3, -0.25) is 0 Å². The number of hydrogen-bond donors (Lipinski definition) is 1. The Bertz CT molecular complexity index is 437. The average molecular weight is 319 g/mol. The van der Waals surface area contributed by atoms with Gasteiger partial charge in [-0.25, -0.2) is 0 Å². The van der Waals surface area contributed by atoms with Crippen LogP contribution in [0.1, 0.15) is 44.2 Å². The number of halogens is 2. The Hall–Kier alpha value is 0.200. The van der Waals surface area contributed by atoms with Gasteiger partial charge in [0.25, 0.3) is 0 Å². The number of nitrogens with zero attached hydrogens (tertiary/aromatic N) is 1. The Kier molecular flexibility index (Phi) is 4.40. The molecule has 0 bridgehead atoms. The highest BCUT2D eigenvalue weighted by Crippen LogP contribution is 2.35. The molecule has 5 heteroatoms. The predicted octanol–water partition coefficient (Wildman–Crippen LogP) is 4.33. The molecule has 0 spiro atoms. The van der Waals surface area contributed by atoms with Crippen molar-refractivity contribution < 1.29 is 0 Å². The van der Waals surface area contributed by atoms with Crippen LogP contribution in [0.5, 0.6) is 0 Å². The minimum absolute atomic E-state index is 0.286. The third-order valence-electron chi connectivity index (χ3n) is 4.23. The third-order valence-corrected chi connectivity index (χ3v) is 5.75. The van der Waals surface area contributed by atoms with Crippen LogP contribution in [0.25, 0.3) is 0 Å². The summed E-state index contributed by atoms with van der Waals surface area (Å²) >= 11 is 13.7. The van der Waals surface area contributed by atoms with E-state index in [9.17, 15) is 0 Å². The minimum atomic E-state index is 0.286. The molecule has 106 valence electrons. The summed E-state index contributed by atoms with van der Waals surface area (Å²) in [6, 6.07) is 3.79. The van der Waals surface area contributed by atoms with E-state index in [0.29, 0.717) is 6.04 Å². The van der Waals surface area contributed by atoms with Gasteiger partial charge in [0, 0.05) is 18.1 Å². The summed E-state index contributed by atoms with van der Waals surface area (Å²) in [4.78, 5) is 2.65. The monoisotopic (exact) mass is 318 g/mol. The second kappa shape index (κ2) is 5.90. The molecule has 19 heavy (non-hydrogen) atoms. The normalized spacial score (nSPS) is 23.7. The SMILES string of the molecule is CC(NC1CCN(C2CC2)CC1)c1cc(Cl)sc1Cl. The molecule has 1 aliphatic heterocycles. The van der Waals surface area contributed by atoms with E-state index in [2.05, 4.69) is 17.1 Å². The zero-order valence-electron chi connectivity index (χ0n) is 11.2. The van der Waals surface area contributed by atoms with E-state index in [0.717, 1.165) is 20.3 Å². The molecule has 0 radical (unpaired) electrons. The molecule has 1 N–H and O–H groups in total. The zero-order valence-corrected chi connectivity index (χ0v) is 13.5. The molecule has 3 rings (SSSR count). The van der Waals surface area contributed by atoms with Gasteiger partial charge < -0.3 is 10.2 Å². The number of rotatable bonds is 4. The van der Waals surface area contributed by atoms with Crippen molar-refractivity contribution in [3.8, 4) is 0 Å². The summed E-state index contributed by atoms with van der Waals surface area (Å²) < 4.78 is 1.60. The Morgan fingerprint density at radius 3 is 2.47 bits per heavy atom. The fourth-order valence-electron chi connectivity index (χ4n) is 2.96. The standard InChI is InChI=1S/C14H20Cl2N2S/c1-9(12-8-13(15)19-14(12)16)17-10-4-6-18(7-5-10)11-2-3-11/h8-11,17H,2-7H2,1H3. The van der Waals surface area contributed by atoms with Crippen LogP contribution in [0.4, 0.5) is 0 Å². The van der Waals surface area contributed by atoms with Crippen molar-refractivity contribution in [1.29, 1.82) is 0 Å². The number of hydrogen-bond acceptors (Lipinski definition) is 3. The van der Waals surface area contributed by atoms with Gasteiger partial charge in [0.15, 0.2) is 0 Å². The fraction of sp³-hybridized carbons (Fsp3) is 0.714. The maximum absolute atomic E-state index is 6.22. The molecule has 0 amide bonds. The molecule has 1 unspecified atom stereocenters. The van der Waals surface area contributed by atoms with E-state index in [1.807, 2.05) is 6.07 Å². The van der Waals surface area contributed by atoms with Crippen LogP contribution in [0.15, 0.2) is 6.07 Å². The van der Waals surface area contributed by atoms with Gasteiger partial charge >= 0.3 is 0 Å². The van der Waals surface area contributed by atoms with E-state index in [1.54, 1.807) is 0 Å². The first-order valence-corrected chi connectivity index (χ1v) is 8.65. The molecule has 2 nitrogen and oxygen atoms in total. The second-order valence-corrected chi connectivity index (χ2v) is 7.99. The highest BCUT2D eigenvalue weighted by Gasteiger charge is 2.32. The average Bonchev–Trinajstić information content (AvgIpc) is 3.16. The molecule has 1 aromatic rings. The first kappa shape index (κ1) is 14.2. The van der Waals surface area contributed by atoms with E-state index in [4.69, 9.17) is 23.2 Å². The summed E-state index contributed by atoms with van der Waals surface area (Å²) in [5.41, 5.74) is 1.14. The summed E-state index contributed by atoms with van der Waals surface area (Å²) in [6.07, 6.45) is 5.32. The third kappa shape index (κ3) is 3.45. The predicted molar refractivity (Wildman–Crippen MR) is 83.5 cm³/mol. The van der Waals surface area contributed by atoms with Crippen LogP contribution < -0.4 is 5.32 Å². The van der Waals surface area contributed by atoms with Gasteiger partial charge in [-0.2, -0.15) is 0 Å². The van der Waals surface area contributed by atoms with Crippen LogP contribution in [-0.2, 0) is 0 Å². The maximum atomic E-state index is 6.22. The molecule has 1 aliphatic carbocycles. The molecule has 1 saturated heterocycles. The zero-order chi connectivity index (χ0) is 13.4. The van der Waals surface area contributed by atoms with Gasteiger partial charge in [-0.1, -0.05) is 23.2 Å². The molecule has 2 aliphatic rings. The highest BCUT2D eigenvalue weighted by molar-refractivity contribution is 7.20. The largest absolute Gasteiger partial charge is 0.307 e. The Morgan fingerprint density at radius 2 is 1.95 bits per heavy atom. The minimum Gasteiger partial charge on any atom is -0.307 e. The van der Waals surface area contributed by atoms with Crippen LogP contribution in [0.2, 0.25) is 8.67 Å². The van der Waals surface area contributed by atoms with E-state index in [1.165, 1.54) is 50.1 Å². The van der Waals surface area contributed by atoms with E-state index in [-0.39, 0.29) is 6.04 Å². The van der Waals surface area contributed by atoms with Gasteiger partial charge in [0.2, 0.25) is 0 Å².